The number of nitrogens with two attached hydrogens (primary N) is 1. The third-order valence-electron chi connectivity index (χ3n) is 5.01. The van der Waals surface area contributed by atoms with Crippen LogP contribution in [-0.2, 0) is 24.2 Å². The maximum atomic E-state index is 12.7. The zero-order valence-electron chi connectivity index (χ0n) is 13.8. The molecule has 11 nitrogen and oxygen atoms in total. The van der Waals surface area contributed by atoms with Crippen LogP contribution in [0.1, 0.15) is 19.3 Å². The van der Waals surface area contributed by atoms with Gasteiger partial charge in [-0.25, -0.2) is 4.79 Å². The van der Waals surface area contributed by atoms with Gasteiger partial charge in [-0.05, 0) is 12.8 Å². The number of hydroxylamine groups is 2. The van der Waals surface area contributed by atoms with Crippen molar-refractivity contribution < 1.29 is 36.0 Å². The van der Waals surface area contributed by atoms with Crippen molar-refractivity contribution in [2.75, 3.05) is 26.4 Å². The van der Waals surface area contributed by atoms with E-state index in [2.05, 4.69) is 9.60 Å². The SMILES string of the molecule is NC(=O)C1(OC[C@@H]2C[C@@H](CF)CN2)CCC2CN1C(=O)N2OS(=O)(=O)O. The zero-order valence-corrected chi connectivity index (χ0v) is 14.7. The summed E-state index contributed by atoms with van der Waals surface area (Å²) in [7, 11) is -4.90. The number of fused-ring (bicyclic) bond motifs is 2. The Bertz CT molecular complexity index is 692. The lowest BCUT2D eigenvalue weighted by Crippen LogP contribution is -2.62. The molecule has 148 valence electrons. The van der Waals surface area contributed by atoms with Crippen LogP contribution in [0.2, 0.25) is 0 Å². The number of amides is 3. The van der Waals surface area contributed by atoms with E-state index in [-0.39, 0.29) is 38.0 Å². The first kappa shape index (κ1) is 19.2. The molecule has 0 saturated carbocycles. The molecule has 3 amide bonds. The molecule has 2 unspecified atom stereocenters. The van der Waals surface area contributed by atoms with Gasteiger partial charge < -0.3 is 15.8 Å². The number of hydrogen-bond donors (Lipinski definition) is 3. The van der Waals surface area contributed by atoms with Crippen molar-refractivity contribution in [3.05, 3.63) is 0 Å². The van der Waals surface area contributed by atoms with Gasteiger partial charge in [-0.15, -0.1) is 4.28 Å². The Balaban J connectivity index is 1.74. The molecule has 3 rings (SSSR count). The van der Waals surface area contributed by atoms with Crippen molar-refractivity contribution in [2.24, 2.45) is 11.7 Å². The first-order valence-corrected chi connectivity index (χ1v) is 9.54. The summed E-state index contributed by atoms with van der Waals surface area (Å²) in [6.45, 7) is 0.0308. The van der Waals surface area contributed by atoms with Gasteiger partial charge in [-0.1, -0.05) is 0 Å². The van der Waals surface area contributed by atoms with E-state index in [1.165, 1.54) is 0 Å². The number of primary amides is 1. The second-order valence-corrected chi connectivity index (χ2v) is 7.74. The summed E-state index contributed by atoms with van der Waals surface area (Å²) in [5, 5.41) is 3.59. The van der Waals surface area contributed by atoms with Gasteiger partial charge >= 0.3 is 16.4 Å². The summed E-state index contributed by atoms with van der Waals surface area (Å²) >= 11 is 0. The van der Waals surface area contributed by atoms with Gasteiger partial charge in [-0.3, -0.25) is 18.6 Å². The van der Waals surface area contributed by atoms with E-state index in [1.54, 1.807) is 0 Å². The topological polar surface area (TPSA) is 151 Å². The lowest BCUT2D eigenvalue weighted by molar-refractivity contribution is -0.175. The molecule has 4 atom stereocenters. The summed E-state index contributed by atoms with van der Waals surface area (Å²) in [5.74, 6) is -1.02. The summed E-state index contributed by atoms with van der Waals surface area (Å²) in [6.07, 6.45) is 0.759. The molecule has 4 N–H and O–H groups in total. The Morgan fingerprint density at radius 3 is 2.81 bits per heavy atom. The van der Waals surface area contributed by atoms with Crippen LogP contribution < -0.4 is 11.1 Å². The first-order valence-electron chi connectivity index (χ1n) is 8.17. The summed E-state index contributed by atoms with van der Waals surface area (Å²) in [4.78, 5) is 25.6. The first-order chi connectivity index (χ1) is 12.2. The fourth-order valence-corrected chi connectivity index (χ4v) is 4.09. The maximum Gasteiger partial charge on any atom is 0.418 e. The number of urea groups is 1. The van der Waals surface area contributed by atoms with Crippen molar-refractivity contribution in [1.82, 2.24) is 15.3 Å². The van der Waals surface area contributed by atoms with E-state index >= 15 is 0 Å². The van der Waals surface area contributed by atoms with Crippen LogP contribution in [0.3, 0.4) is 0 Å². The van der Waals surface area contributed by atoms with Crippen LogP contribution in [0.25, 0.3) is 0 Å². The number of piperidine rings is 1. The Labute approximate surface area is 149 Å². The van der Waals surface area contributed by atoms with E-state index < -0.39 is 40.8 Å². The van der Waals surface area contributed by atoms with Crippen LogP contribution in [0.5, 0.6) is 0 Å². The van der Waals surface area contributed by atoms with Crippen molar-refractivity contribution in [1.29, 1.82) is 0 Å². The number of halogens is 1. The predicted molar refractivity (Wildman–Crippen MR) is 83.3 cm³/mol. The van der Waals surface area contributed by atoms with Gasteiger partial charge in [-0.2, -0.15) is 13.5 Å². The van der Waals surface area contributed by atoms with Gasteiger partial charge in [0.1, 0.15) is 0 Å². The van der Waals surface area contributed by atoms with Crippen LogP contribution in [0, 0.1) is 5.92 Å². The van der Waals surface area contributed by atoms with Gasteiger partial charge in [0.25, 0.3) is 5.91 Å². The third-order valence-corrected chi connectivity index (χ3v) is 5.36. The standard InChI is InChI=1S/C13H21FN4O7S/c14-4-8-3-9(16-5-8)7-24-13(11(15)19)2-1-10-6-17(13)12(20)18(10)25-26(21,22)23/h8-10,16H,1-7H2,(H2,15,19)(H,21,22,23)/t8-,9-,10?,13?/m0/s1. The highest BCUT2D eigenvalue weighted by molar-refractivity contribution is 7.80. The van der Waals surface area contributed by atoms with Gasteiger partial charge in [0.05, 0.1) is 19.3 Å². The lowest BCUT2D eigenvalue weighted by atomic mass is 9.96. The number of rotatable bonds is 7. The van der Waals surface area contributed by atoms with Crippen LogP contribution in [-0.4, -0.2) is 79.1 Å². The van der Waals surface area contributed by atoms with Gasteiger partial charge in [0.15, 0.2) is 0 Å². The molecule has 0 aromatic heterocycles. The van der Waals surface area contributed by atoms with Crippen molar-refractivity contribution in [3.8, 4) is 0 Å². The molecular weight excluding hydrogens is 375 g/mol. The Hall–Kier alpha value is -1.54. The summed E-state index contributed by atoms with van der Waals surface area (Å²) in [6, 6.07) is -1.79. The minimum Gasteiger partial charge on any atom is -0.365 e. The van der Waals surface area contributed by atoms with E-state index in [4.69, 9.17) is 15.0 Å². The fraction of sp³-hybridized carbons (Fsp3) is 0.846. The van der Waals surface area contributed by atoms with Gasteiger partial charge in [0.2, 0.25) is 5.72 Å². The number of nitrogens with zero attached hydrogens (tertiary/aromatic N) is 2. The molecule has 3 saturated heterocycles. The molecule has 3 aliphatic rings. The number of alkyl halides is 1. The smallest absolute Gasteiger partial charge is 0.365 e. The molecule has 3 aliphatic heterocycles. The molecule has 0 aromatic carbocycles. The van der Waals surface area contributed by atoms with Crippen molar-refractivity contribution >= 4 is 22.3 Å². The fourth-order valence-electron chi connectivity index (χ4n) is 3.70. The molecule has 26 heavy (non-hydrogen) atoms. The quantitative estimate of drug-likeness (QED) is 0.452. The largest absolute Gasteiger partial charge is 0.418 e. The highest BCUT2D eigenvalue weighted by Gasteiger charge is 2.58. The highest BCUT2D eigenvalue weighted by atomic mass is 32.3. The molecule has 3 heterocycles. The molecule has 0 spiro atoms. The number of carbonyl (C=O) groups excluding carboxylic acids is 2. The minimum atomic E-state index is -4.90. The van der Waals surface area contributed by atoms with E-state index in [0.717, 1.165) is 4.90 Å². The monoisotopic (exact) mass is 396 g/mol. The lowest BCUT2D eigenvalue weighted by Gasteiger charge is -2.40. The number of carbonyl (C=O) groups is 2. The van der Waals surface area contributed by atoms with Gasteiger partial charge in [0, 0.05) is 31.5 Å². The van der Waals surface area contributed by atoms with Crippen LogP contribution in [0.4, 0.5) is 9.18 Å². The second kappa shape index (κ2) is 6.88. The second-order valence-electron chi connectivity index (χ2n) is 6.73. The maximum absolute atomic E-state index is 12.7. The molecular formula is C13H21FN4O7S. The summed E-state index contributed by atoms with van der Waals surface area (Å²) in [5.41, 5.74) is 3.74. The molecule has 0 aliphatic carbocycles. The van der Waals surface area contributed by atoms with Crippen LogP contribution >= 0.6 is 0 Å². The average Bonchev–Trinajstić information content (AvgIpc) is 3.12. The van der Waals surface area contributed by atoms with Crippen molar-refractivity contribution in [3.63, 3.8) is 0 Å². The Morgan fingerprint density at radius 2 is 2.23 bits per heavy atom. The predicted octanol–water partition coefficient (Wildman–Crippen LogP) is -1.23. The number of nitrogens with one attached hydrogen (secondary N) is 1. The molecule has 2 bridgehead atoms. The van der Waals surface area contributed by atoms with Crippen LogP contribution in [0.15, 0.2) is 0 Å². The third kappa shape index (κ3) is 3.49. The van der Waals surface area contributed by atoms with E-state index in [0.29, 0.717) is 18.0 Å². The molecule has 3 fully saturated rings. The van der Waals surface area contributed by atoms with E-state index in [9.17, 15) is 22.4 Å². The molecule has 0 aromatic rings. The van der Waals surface area contributed by atoms with Crippen molar-refractivity contribution in [2.45, 2.75) is 37.1 Å². The molecule has 13 heteroatoms. The Morgan fingerprint density at radius 1 is 1.50 bits per heavy atom. The number of ether oxygens (including phenoxy) is 1. The Kier molecular flexibility index (Phi) is 5.09. The van der Waals surface area contributed by atoms with E-state index in [1.807, 2.05) is 0 Å². The molecule has 0 radical (unpaired) electrons. The highest BCUT2D eigenvalue weighted by Crippen LogP contribution is 2.38. The normalized spacial score (nSPS) is 34.5. The number of hydrogen-bond acceptors (Lipinski definition) is 7. The average molecular weight is 396 g/mol. The summed E-state index contributed by atoms with van der Waals surface area (Å²) < 4.78 is 53.5. The zero-order chi connectivity index (χ0) is 19.1. The minimum absolute atomic E-state index is 0.0348.